The zero-order valence-electron chi connectivity index (χ0n) is 11.9. The number of nitrogens with zero attached hydrogens (tertiary/aromatic N) is 1. The van der Waals surface area contributed by atoms with Crippen molar-refractivity contribution in [2.45, 2.75) is 52.1 Å². The molecule has 104 valence electrons. The van der Waals surface area contributed by atoms with Crippen molar-refractivity contribution in [3.8, 4) is 0 Å². The van der Waals surface area contributed by atoms with E-state index in [2.05, 4.69) is 19.2 Å². The summed E-state index contributed by atoms with van der Waals surface area (Å²) in [6, 6.07) is 0.392. The Hall–Kier alpha value is -0.610. The first kappa shape index (κ1) is 13.8. The second-order valence-electron chi connectivity index (χ2n) is 6.26. The summed E-state index contributed by atoms with van der Waals surface area (Å²) in [7, 11) is 0. The SMILES string of the molecule is CC(NC1CCCC1(C)C)C(=O)N1CCOCC1. The monoisotopic (exact) mass is 254 g/mol. The van der Waals surface area contributed by atoms with Crippen LogP contribution in [0, 0.1) is 5.41 Å². The highest BCUT2D eigenvalue weighted by atomic mass is 16.5. The Morgan fingerprint density at radius 1 is 1.39 bits per heavy atom. The fourth-order valence-corrected chi connectivity index (χ4v) is 3.07. The summed E-state index contributed by atoms with van der Waals surface area (Å²) in [5.41, 5.74) is 0.319. The topological polar surface area (TPSA) is 41.6 Å². The standard InChI is InChI=1S/C14H26N2O2/c1-11(13(17)16-7-9-18-10-8-16)15-12-5-4-6-14(12,2)3/h11-12,15H,4-10H2,1-3H3. The Morgan fingerprint density at radius 3 is 2.61 bits per heavy atom. The molecule has 0 aromatic heterocycles. The van der Waals surface area contributed by atoms with E-state index in [-0.39, 0.29) is 11.9 Å². The molecule has 0 aromatic carbocycles. The van der Waals surface area contributed by atoms with Crippen molar-refractivity contribution in [3.63, 3.8) is 0 Å². The number of ether oxygens (including phenoxy) is 1. The van der Waals surface area contributed by atoms with Crippen LogP contribution in [0.25, 0.3) is 0 Å². The fraction of sp³-hybridized carbons (Fsp3) is 0.929. The molecule has 0 radical (unpaired) electrons. The zero-order chi connectivity index (χ0) is 13.2. The Morgan fingerprint density at radius 2 is 2.06 bits per heavy atom. The number of carbonyl (C=O) groups excluding carboxylic acids is 1. The van der Waals surface area contributed by atoms with Crippen LogP contribution in [0.2, 0.25) is 0 Å². The number of rotatable bonds is 3. The Labute approximate surface area is 110 Å². The van der Waals surface area contributed by atoms with Gasteiger partial charge in [-0.3, -0.25) is 4.79 Å². The van der Waals surface area contributed by atoms with E-state index in [0.29, 0.717) is 24.7 Å². The van der Waals surface area contributed by atoms with Gasteiger partial charge in [-0.25, -0.2) is 0 Å². The second kappa shape index (κ2) is 5.57. The molecule has 1 saturated carbocycles. The second-order valence-corrected chi connectivity index (χ2v) is 6.26. The third-order valence-corrected chi connectivity index (χ3v) is 4.40. The van der Waals surface area contributed by atoms with Crippen molar-refractivity contribution >= 4 is 5.91 Å². The lowest BCUT2D eigenvalue weighted by molar-refractivity contribution is -0.137. The molecule has 2 unspecified atom stereocenters. The van der Waals surface area contributed by atoms with Crippen LogP contribution in [0.4, 0.5) is 0 Å². The molecule has 0 aromatic rings. The minimum absolute atomic E-state index is 0.0783. The molecule has 1 heterocycles. The highest BCUT2D eigenvalue weighted by molar-refractivity contribution is 5.81. The minimum atomic E-state index is -0.0783. The van der Waals surface area contributed by atoms with E-state index < -0.39 is 0 Å². The molecule has 2 rings (SSSR count). The zero-order valence-corrected chi connectivity index (χ0v) is 11.9. The van der Waals surface area contributed by atoms with Gasteiger partial charge in [-0.05, 0) is 25.2 Å². The Kier molecular flexibility index (Phi) is 4.28. The van der Waals surface area contributed by atoms with Crippen LogP contribution in [0.15, 0.2) is 0 Å². The quantitative estimate of drug-likeness (QED) is 0.828. The van der Waals surface area contributed by atoms with Crippen molar-refractivity contribution in [1.29, 1.82) is 0 Å². The summed E-state index contributed by atoms with van der Waals surface area (Å²) in [4.78, 5) is 14.2. The summed E-state index contributed by atoms with van der Waals surface area (Å²) in [6.45, 7) is 9.40. The van der Waals surface area contributed by atoms with Crippen molar-refractivity contribution in [2.24, 2.45) is 5.41 Å². The van der Waals surface area contributed by atoms with Crippen LogP contribution in [0.3, 0.4) is 0 Å². The number of morpholine rings is 1. The fourth-order valence-electron chi connectivity index (χ4n) is 3.07. The van der Waals surface area contributed by atoms with Crippen LogP contribution in [0.1, 0.15) is 40.0 Å². The van der Waals surface area contributed by atoms with Crippen molar-refractivity contribution in [2.75, 3.05) is 26.3 Å². The van der Waals surface area contributed by atoms with Crippen molar-refractivity contribution in [1.82, 2.24) is 10.2 Å². The molecule has 1 amide bonds. The van der Waals surface area contributed by atoms with E-state index in [0.717, 1.165) is 13.1 Å². The van der Waals surface area contributed by atoms with Crippen molar-refractivity contribution in [3.05, 3.63) is 0 Å². The van der Waals surface area contributed by atoms with Gasteiger partial charge in [0, 0.05) is 19.1 Å². The van der Waals surface area contributed by atoms with Crippen LogP contribution >= 0.6 is 0 Å². The number of hydrogen-bond donors (Lipinski definition) is 1. The molecule has 1 aliphatic carbocycles. The van der Waals surface area contributed by atoms with Gasteiger partial charge >= 0.3 is 0 Å². The molecule has 2 fully saturated rings. The van der Waals surface area contributed by atoms with Crippen LogP contribution in [-0.2, 0) is 9.53 Å². The van der Waals surface area contributed by atoms with Gasteiger partial charge < -0.3 is 15.0 Å². The van der Waals surface area contributed by atoms with Gasteiger partial charge in [0.05, 0.1) is 19.3 Å². The van der Waals surface area contributed by atoms with Gasteiger partial charge in [-0.1, -0.05) is 20.3 Å². The molecule has 0 spiro atoms. The van der Waals surface area contributed by atoms with Gasteiger partial charge in [-0.2, -0.15) is 0 Å². The predicted molar refractivity (Wildman–Crippen MR) is 71.4 cm³/mol. The molecule has 2 atom stereocenters. The molecule has 1 N–H and O–H groups in total. The van der Waals surface area contributed by atoms with Gasteiger partial charge in [0.15, 0.2) is 0 Å². The third kappa shape index (κ3) is 3.04. The molecule has 1 aliphatic heterocycles. The molecule has 2 aliphatic rings. The lowest BCUT2D eigenvalue weighted by Crippen LogP contribution is -2.53. The number of amides is 1. The first-order chi connectivity index (χ1) is 8.50. The maximum absolute atomic E-state index is 12.3. The van der Waals surface area contributed by atoms with Gasteiger partial charge in [0.1, 0.15) is 0 Å². The number of hydrogen-bond acceptors (Lipinski definition) is 3. The van der Waals surface area contributed by atoms with Crippen LogP contribution in [0.5, 0.6) is 0 Å². The molecule has 1 saturated heterocycles. The van der Waals surface area contributed by atoms with E-state index in [1.54, 1.807) is 0 Å². The van der Waals surface area contributed by atoms with E-state index in [4.69, 9.17) is 4.74 Å². The minimum Gasteiger partial charge on any atom is -0.378 e. The van der Waals surface area contributed by atoms with Gasteiger partial charge in [0.2, 0.25) is 5.91 Å². The lowest BCUT2D eigenvalue weighted by Gasteiger charge is -2.34. The molecule has 18 heavy (non-hydrogen) atoms. The lowest BCUT2D eigenvalue weighted by atomic mass is 9.87. The molecule has 0 bridgehead atoms. The Balaban J connectivity index is 1.87. The van der Waals surface area contributed by atoms with E-state index in [1.807, 2.05) is 11.8 Å². The highest BCUT2D eigenvalue weighted by Crippen LogP contribution is 2.37. The summed E-state index contributed by atoms with van der Waals surface area (Å²) < 4.78 is 5.28. The Bertz CT molecular complexity index is 298. The normalized spacial score (nSPS) is 29.3. The first-order valence-corrected chi connectivity index (χ1v) is 7.13. The number of carbonyl (C=O) groups is 1. The van der Waals surface area contributed by atoms with E-state index >= 15 is 0 Å². The summed E-state index contributed by atoms with van der Waals surface area (Å²) in [5, 5.41) is 3.53. The largest absolute Gasteiger partial charge is 0.378 e. The summed E-state index contributed by atoms with van der Waals surface area (Å²) >= 11 is 0. The van der Waals surface area contributed by atoms with E-state index in [1.165, 1.54) is 19.3 Å². The first-order valence-electron chi connectivity index (χ1n) is 7.13. The van der Waals surface area contributed by atoms with Crippen molar-refractivity contribution < 1.29 is 9.53 Å². The maximum atomic E-state index is 12.3. The van der Waals surface area contributed by atoms with Gasteiger partial charge in [0.25, 0.3) is 0 Å². The molecule has 4 heteroatoms. The highest BCUT2D eigenvalue weighted by Gasteiger charge is 2.36. The molecular weight excluding hydrogens is 228 g/mol. The van der Waals surface area contributed by atoms with E-state index in [9.17, 15) is 4.79 Å². The smallest absolute Gasteiger partial charge is 0.239 e. The number of nitrogens with one attached hydrogen (secondary N) is 1. The van der Waals surface area contributed by atoms with Crippen LogP contribution < -0.4 is 5.32 Å². The average molecular weight is 254 g/mol. The third-order valence-electron chi connectivity index (χ3n) is 4.40. The summed E-state index contributed by atoms with van der Waals surface area (Å²) in [6.07, 6.45) is 3.71. The summed E-state index contributed by atoms with van der Waals surface area (Å²) in [5.74, 6) is 0.223. The average Bonchev–Trinajstić information content (AvgIpc) is 2.69. The van der Waals surface area contributed by atoms with Crippen LogP contribution in [-0.4, -0.2) is 49.2 Å². The predicted octanol–water partition coefficient (Wildman–Crippen LogP) is 1.40. The molecule has 4 nitrogen and oxygen atoms in total. The molecular formula is C14H26N2O2. The maximum Gasteiger partial charge on any atom is 0.239 e. The van der Waals surface area contributed by atoms with Gasteiger partial charge in [-0.15, -0.1) is 0 Å².